The van der Waals surface area contributed by atoms with Crippen molar-refractivity contribution in [2.24, 2.45) is 11.8 Å². The van der Waals surface area contributed by atoms with Crippen LogP contribution >= 0.6 is 0 Å². The second-order valence-corrected chi connectivity index (χ2v) is 6.79. The maximum absolute atomic E-state index is 11.4. The lowest BCUT2D eigenvalue weighted by Crippen LogP contribution is -2.61. The van der Waals surface area contributed by atoms with Crippen LogP contribution in [0.3, 0.4) is 0 Å². The van der Waals surface area contributed by atoms with E-state index in [4.69, 9.17) is 9.47 Å². The van der Waals surface area contributed by atoms with E-state index in [0.717, 1.165) is 32.1 Å². The molecule has 0 amide bonds. The third kappa shape index (κ3) is 2.43. The minimum atomic E-state index is -0.355. The van der Waals surface area contributed by atoms with Gasteiger partial charge in [0.15, 0.2) is 0 Å². The first kappa shape index (κ1) is 13.9. The van der Waals surface area contributed by atoms with Gasteiger partial charge in [0.05, 0.1) is 12.7 Å². The Kier molecular flexibility index (Phi) is 3.27. The molecule has 5 heteroatoms. The second kappa shape index (κ2) is 4.72. The molecule has 4 rings (SSSR count). The van der Waals surface area contributed by atoms with Gasteiger partial charge in [-0.15, -0.1) is 0 Å². The van der Waals surface area contributed by atoms with Crippen LogP contribution in [-0.4, -0.2) is 36.9 Å². The van der Waals surface area contributed by atoms with Crippen molar-refractivity contribution < 1.29 is 23.8 Å². The Morgan fingerprint density at radius 2 is 1.70 bits per heavy atom. The highest BCUT2D eigenvalue weighted by Crippen LogP contribution is 2.60. The van der Waals surface area contributed by atoms with Gasteiger partial charge in [0.1, 0.15) is 12.2 Å². The molecular formula is C15H22O5. The Bertz CT molecular complexity index is 416. The lowest BCUT2D eigenvalue weighted by Gasteiger charge is -2.60. The molecule has 0 radical (unpaired) electrons. The fraction of sp³-hybridized carbons (Fsp3) is 0.867. The number of hydrogen-bond donors (Lipinski definition) is 0. The number of ether oxygens (including phenoxy) is 3. The maximum Gasteiger partial charge on any atom is 0.331 e. The SMILES string of the molecule is COC(=O)COC12CC3CC(C1)CC(OC(C)=O)(C3)C2. The van der Waals surface area contributed by atoms with E-state index < -0.39 is 0 Å². The molecule has 0 aliphatic heterocycles. The van der Waals surface area contributed by atoms with Gasteiger partial charge in [0, 0.05) is 13.3 Å². The van der Waals surface area contributed by atoms with Crippen LogP contribution in [0.2, 0.25) is 0 Å². The van der Waals surface area contributed by atoms with Crippen molar-refractivity contribution in [3.63, 3.8) is 0 Å². The molecule has 5 nitrogen and oxygen atoms in total. The smallest absolute Gasteiger partial charge is 0.331 e. The lowest BCUT2D eigenvalue weighted by molar-refractivity contribution is -0.234. The number of carbonyl (C=O) groups is 2. The fourth-order valence-corrected chi connectivity index (χ4v) is 4.96. The average Bonchev–Trinajstić information content (AvgIpc) is 2.32. The van der Waals surface area contributed by atoms with E-state index in [2.05, 4.69) is 4.74 Å². The standard InChI is InChI=1S/C15H22O5/c1-10(16)20-15-6-11-3-12(7-15)5-14(4-11,9-15)19-8-13(17)18-2/h11-12H,3-9H2,1-2H3. The molecule has 0 aromatic rings. The molecule has 0 spiro atoms. The van der Waals surface area contributed by atoms with E-state index in [1.165, 1.54) is 20.5 Å². The van der Waals surface area contributed by atoms with E-state index in [9.17, 15) is 9.59 Å². The normalized spacial score (nSPS) is 41.5. The van der Waals surface area contributed by atoms with Crippen molar-refractivity contribution >= 4 is 11.9 Å². The minimum absolute atomic E-state index is 0.00785. The van der Waals surface area contributed by atoms with Crippen molar-refractivity contribution in [1.82, 2.24) is 0 Å². The summed E-state index contributed by atoms with van der Waals surface area (Å²) in [5.41, 5.74) is -0.653. The Morgan fingerprint density at radius 3 is 2.25 bits per heavy atom. The molecule has 0 N–H and O–H groups in total. The molecule has 112 valence electrons. The summed E-state index contributed by atoms with van der Waals surface area (Å²) in [7, 11) is 1.37. The molecule has 4 aliphatic carbocycles. The first-order valence-electron chi connectivity index (χ1n) is 7.35. The van der Waals surface area contributed by atoms with Crippen LogP contribution in [0.15, 0.2) is 0 Å². The van der Waals surface area contributed by atoms with Crippen LogP contribution in [0.1, 0.15) is 45.4 Å². The zero-order chi connectivity index (χ0) is 14.4. The molecule has 4 saturated carbocycles. The summed E-state index contributed by atoms with van der Waals surface area (Å²) in [6, 6.07) is 0. The summed E-state index contributed by atoms with van der Waals surface area (Å²) >= 11 is 0. The first-order chi connectivity index (χ1) is 9.44. The van der Waals surface area contributed by atoms with E-state index >= 15 is 0 Å². The van der Waals surface area contributed by atoms with Gasteiger partial charge in [0.25, 0.3) is 0 Å². The van der Waals surface area contributed by atoms with Crippen molar-refractivity contribution in [3.05, 3.63) is 0 Å². The monoisotopic (exact) mass is 282 g/mol. The van der Waals surface area contributed by atoms with Crippen molar-refractivity contribution in [2.45, 2.75) is 56.7 Å². The number of rotatable bonds is 4. The van der Waals surface area contributed by atoms with E-state index in [1.54, 1.807) is 0 Å². The molecule has 20 heavy (non-hydrogen) atoms. The third-order valence-corrected chi connectivity index (χ3v) is 5.04. The largest absolute Gasteiger partial charge is 0.467 e. The van der Waals surface area contributed by atoms with Gasteiger partial charge in [-0.2, -0.15) is 0 Å². The predicted octanol–water partition coefficient (Wildman–Crippen LogP) is 1.83. The molecule has 2 unspecified atom stereocenters. The summed E-state index contributed by atoms with van der Waals surface area (Å²) in [6.45, 7) is 1.46. The fourth-order valence-electron chi connectivity index (χ4n) is 4.96. The van der Waals surface area contributed by atoms with Crippen molar-refractivity contribution in [2.75, 3.05) is 13.7 Å². The van der Waals surface area contributed by atoms with Crippen molar-refractivity contribution in [1.29, 1.82) is 0 Å². The number of hydrogen-bond acceptors (Lipinski definition) is 5. The van der Waals surface area contributed by atoms with Gasteiger partial charge in [-0.3, -0.25) is 4.79 Å². The van der Waals surface area contributed by atoms with Crippen LogP contribution in [0, 0.1) is 11.8 Å². The minimum Gasteiger partial charge on any atom is -0.467 e. The Hall–Kier alpha value is -1.10. The Labute approximate surface area is 118 Å². The van der Waals surface area contributed by atoms with Crippen LogP contribution in [0.5, 0.6) is 0 Å². The lowest BCUT2D eigenvalue weighted by atomic mass is 9.52. The highest BCUT2D eigenvalue weighted by Gasteiger charge is 2.60. The molecule has 4 bridgehead atoms. The molecule has 0 aromatic heterocycles. The molecular weight excluding hydrogens is 260 g/mol. The summed E-state index contributed by atoms with van der Waals surface area (Å²) in [5.74, 6) is 0.541. The zero-order valence-corrected chi connectivity index (χ0v) is 12.1. The summed E-state index contributed by atoms with van der Waals surface area (Å²) in [4.78, 5) is 22.7. The third-order valence-electron chi connectivity index (χ3n) is 5.04. The highest BCUT2D eigenvalue weighted by molar-refractivity contribution is 5.70. The molecule has 0 aromatic carbocycles. The number of carbonyl (C=O) groups excluding carboxylic acids is 2. The molecule has 0 saturated heterocycles. The predicted molar refractivity (Wildman–Crippen MR) is 69.9 cm³/mol. The van der Waals surface area contributed by atoms with Crippen LogP contribution in [-0.2, 0) is 23.8 Å². The quantitative estimate of drug-likeness (QED) is 0.736. The second-order valence-electron chi connectivity index (χ2n) is 6.79. The average molecular weight is 282 g/mol. The van der Waals surface area contributed by atoms with E-state index in [1.807, 2.05) is 0 Å². The molecule has 4 aliphatic rings. The first-order valence-corrected chi connectivity index (χ1v) is 7.35. The number of esters is 2. The summed E-state index contributed by atoms with van der Waals surface area (Å²) < 4.78 is 16.3. The van der Waals surface area contributed by atoms with Gasteiger partial charge in [-0.1, -0.05) is 0 Å². The summed E-state index contributed by atoms with van der Waals surface area (Å²) in [6.07, 6.45) is 5.78. The van der Waals surface area contributed by atoms with Crippen LogP contribution < -0.4 is 0 Å². The van der Waals surface area contributed by atoms with E-state index in [-0.39, 0.29) is 29.7 Å². The van der Waals surface area contributed by atoms with Gasteiger partial charge in [-0.25, -0.2) is 4.79 Å². The van der Waals surface area contributed by atoms with Gasteiger partial charge < -0.3 is 14.2 Å². The van der Waals surface area contributed by atoms with Crippen LogP contribution in [0.25, 0.3) is 0 Å². The Morgan fingerprint density at radius 1 is 1.10 bits per heavy atom. The molecule has 0 heterocycles. The summed E-state index contributed by atoms with van der Waals surface area (Å²) in [5, 5.41) is 0. The topological polar surface area (TPSA) is 61.8 Å². The van der Waals surface area contributed by atoms with Crippen molar-refractivity contribution in [3.8, 4) is 0 Å². The zero-order valence-electron chi connectivity index (χ0n) is 12.1. The van der Waals surface area contributed by atoms with Gasteiger partial charge in [0.2, 0.25) is 0 Å². The Balaban J connectivity index is 1.76. The number of methoxy groups -OCH3 is 1. The highest BCUT2D eigenvalue weighted by atomic mass is 16.6. The molecule has 2 atom stereocenters. The van der Waals surface area contributed by atoms with E-state index in [0.29, 0.717) is 11.8 Å². The van der Waals surface area contributed by atoms with Crippen LogP contribution in [0.4, 0.5) is 0 Å². The maximum atomic E-state index is 11.4. The van der Waals surface area contributed by atoms with Gasteiger partial charge in [-0.05, 0) is 43.9 Å². The molecule has 4 fully saturated rings. The van der Waals surface area contributed by atoms with Gasteiger partial charge >= 0.3 is 11.9 Å².